The Morgan fingerprint density at radius 1 is 1.05 bits per heavy atom. The highest BCUT2D eigenvalue weighted by Crippen LogP contribution is 2.11. The molecule has 0 aliphatic rings. The Morgan fingerprint density at radius 3 is 2.52 bits per heavy atom. The molecule has 0 unspecified atom stereocenters. The minimum atomic E-state index is -0.138. The first-order valence-electron chi connectivity index (χ1n) is 6.45. The summed E-state index contributed by atoms with van der Waals surface area (Å²) in [5, 5.41) is 5.44. The van der Waals surface area contributed by atoms with Gasteiger partial charge in [0.2, 0.25) is 0 Å². The molecule has 2 amide bonds. The molecule has 0 bridgehead atoms. The second kappa shape index (κ2) is 7.21. The largest absolute Gasteiger partial charge is 0.355 e. The summed E-state index contributed by atoms with van der Waals surface area (Å²) < 4.78 is 0.909. The third-order valence-electron chi connectivity index (χ3n) is 2.99. The predicted octanol–water partition coefficient (Wildman–Crippen LogP) is 2.58. The van der Waals surface area contributed by atoms with Crippen LogP contribution in [0.25, 0.3) is 0 Å². The highest BCUT2D eigenvalue weighted by Gasteiger charge is 2.09. The molecule has 0 aliphatic carbocycles. The van der Waals surface area contributed by atoms with Crippen molar-refractivity contribution in [1.82, 2.24) is 10.6 Å². The van der Waals surface area contributed by atoms with Crippen molar-refractivity contribution in [2.24, 2.45) is 0 Å². The van der Waals surface area contributed by atoms with Crippen LogP contribution in [0.4, 0.5) is 0 Å². The van der Waals surface area contributed by atoms with Crippen LogP contribution in [0.5, 0.6) is 0 Å². The number of benzene rings is 2. The van der Waals surface area contributed by atoms with Gasteiger partial charge in [-0.1, -0.05) is 24.3 Å². The van der Waals surface area contributed by atoms with Crippen LogP contribution in [-0.4, -0.2) is 18.9 Å². The van der Waals surface area contributed by atoms with Gasteiger partial charge in [0.05, 0.1) is 5.56 Å². The number of amides is 2. The zero-order valence-electron chi connectivity index (χ0n) is 11.5. The van der Waals surface area contributed by atoms with E-state index in [1.165, 1.54) is 0 Å². The maximum Gasteiger partial charge on any atom is 0.252 e. The lowest BCUT2D eigenvalue weighted by Crippen LogP contribution is -2.24. The van der Waals surface area contributed by atoms with E-state index in [9.17, 15) is 9.59 Å². The van der Waals surface area contributed by atoms with Crippen LogP contribution in [0, 0.1) is 3.57 Å². The zero-order chi connectivity index (χ0) is 15.2. The van der Waals surface area contributed by atoms with Gasteiger partial charge < -0.3 is 10.6 Å². The summed E-state index contributed by atoms with van der Waals surface area (Å²) in [5.41, 5.74) is 2.12. The van der Waals surface area contributed by atoms with E-state index in [4.69, 9.17) is 0 Å². The Kier molecular flexibility index (Phi) is 5.32. The third-order valence-corrected chi connectivity index (χ3v) is 3.93. The molecule has 0 fully saturated rings. The van der Waals surface area contributed by atoms with Crippen LogP contribution < -0.4 is 10.6 Å². The predicted molar refractivity (Wildman–Crippen MR) is 90.2 cm³/mol. The van der Waals surface area contributed by atoms with Crippen molar-refractivity contribution >= 4 is 34.4 Å². The highest BCUT2D eigenvalue weighted by molar-refractivity contribution is 14.1. The molecule has 0 spiro atoms. The van der Waals surface area contributed by atoms with E-state index >= 15 is 0 Å². The summed E-state index contributed by atoms with van der Waals surface area (Å²) in [4.78, 5) is 23.7. The molecule has 0 radical (unpaired) electrons. The Hall–Kier alpha value is -1.89. The SMILES string of the molecule is CNC(=O)c1cccc(CNC(=O)c2ccccc2I)c1. The van der Waals surface area contributed by atoms with Gasteiger partial charge in [-0.15, -0.1) is 0 Å². The van der Waals surface area contributed by atoms with Crippen molar-refractivity contribution in [1.29, 1.82) is 0 Å². The second-order valence-electron chi connectivity index (χ2n) is 4.44. The van der Waals surface area contributed by atoms with Crippen molar-refractivity contribution in [2.45, 2.75) is 6.54 Å². The van der Waals surface area contributed by atoms with E-state index in [1.807, 2.05) is 24.3 Å². The first kappa shape index (κ1) is 15.5. The number of hydrogen-bond donors (Lipinski definition) is 2. The first-order valence-corrected chi connectivity index (χ1v) is 7.53. The lowest BCUT2D eigenvalue weighted by atomic mass is 10.1. The Labute approximate surface area is 137 Å². The van der Waals surface area contributed by atoms with Gasteiger partial charge in [0.25, 0.3) is 11.8 Å². The number of nitrogens with one attached hydrogen (secondary N) is 2. The van der Waals surface area contributed by atoms with Crippen molar-refractivity contribution in [3.8, 4) is 0 Å². The van der Waals surface area contributed by atoms with Gasteiger partial charge in [0.15, 0.2) is 0 Å². The summed E-state index contributed by atoms with van der Waals surface area (Å²) in [7, 11) is 1.59. The van der Waals surface area contributed by atoms with E-state index in [0.29, 0.717) is 17.7 Å². The lowest BCUT2D eigenvalue weighted by molar-refractivity contribution is 0.0948. The van der Waals surface area contributed by atoms with Gasteiger partial charge in [-0.25, -0.2) is 0 Å². The van der Waals surface area contributed by atoms with Gasteiger partial charge in [-0.3, -0.25) is 9.59 Å². The van der Waals surface area contributed by atoms with Crippen molar-refractivity contribution in [3.05, 3.63) is 68.8 Å². The number of halogens is 1. The van der Waals surface area contributed by atoms with Crippen LogP contribution >= 0.6 is 22.6 Å². The van der Waals surface area contributed by atoms with E-state index in [2.05, 4.69) is 33.2 Å². The molecule has 0 saturated heterocycles. The second-order valence-corrected chi connectivity index (χ2v) is 5.60. The van der Waals surface area contributed by atoms with Crippen LogP contribution in [0.2, 0.25) is 0 Å². The zero-order valence-corrected chi connectivity index (χ0v) is 13.7. The van der Waals surface area contributed by atoms with E-state index in [1.54, 1.807) is 31.3 Å². The normalized spacial score (nSPS) is 10.0. The molecule has 21 heavy (non-hydrogen) atoms. The van der Waals surface area contributed by atoms with Gasteiger partial charge in [0, 0.05) is 22.7 Å². The summed E-state index contributed by atoms with van der Waals surface area (Å²) in [6.07, 6.45) is 0. The quantitative estimate of drug-likeness (QED) is 0.784. The maximum atomic E-state index is 12.1. The topological polar surface area (TPSA) is 58.2 Å². The Balaban J connectivity index is 2.05. The molecule has 0 atom stereocenters. The van der Waals surface area contributed by atoms with Crippen LogP contribution in [-0.2, 0) is 6.54 Å². The lowest BCUT2D eigenvalue weighted by Gasteiger charge is -2.08. The van der Waals surface area contributed by atoms with E-state index < -0.39 is 0 Å². The summed E-state index contributed by atoms with van der Waals surface area (Å²) >= 11 is 2.14. The Morgan fingerprint density at radius 2 is 1.81 bits per heavy atom. The van der Waals surface area contributed by atoms with Gasteiger partial charge in [-0.2, -0.15) is 0 Å². The monoisotopic (exact) mass is 394 g/mol. The molecule has 0 saturated carbocycles. The number of hydrogen-bond acceptors (Lipinski definition) is 2. The van der Waals surface area contributed by atoms with Gasteiger partial charge >= 0.3 is 0 Å². The van der Waals surface area contributed by atoms with E-state index in [0.717, 1.165) is 9.13 Å². The highest BCUT2D eigenvalue weighted by atomic mass is 127. The number of rotatable bonds is 4. The summed E-state index contributed by atoms with van der Waals surface area (Å²) in [6, 6.07) is 14.6. The molecule has 0 aromatic heterocycles. The van der Waals surface area contributed by atoms with Crippen molar-refractivity contribution in [2.75, 3.05) is 7.05 Å². The van der Waals surface area contributed by atoms with Gasteiger partial charge in [-0.05, 0) is 52.4 Å². The van der Waals surface area contributed by atoms with Crippen LogP contribution in [0.3, 0.4) is 0 Å². The molecule has 0 aliphatic heterocycles. The standard InChI is InChI=1S/C16H15IN2O2/c1-18-15(20)12-6-4-5-11(9-12)10-19-16(21)13-7-2-3-8-14(13)17/h2-9H,10H2,1H3,(H,18,20)(H,19,21). The molecule has 108 valence electrons. The Bertz CT molecular complexity index is 671. The molecular formula is C16H15IN2O2. The van der Waals surface area contributed by atoms with Crippen molar-refractivity contribution < 1.29 is 9.59 Å². The molecule has 2 aromatic carbocycles. The minimum Gasteiger partial charge on any atom is -0.355 e. The third kappa shape index (κ3) is 4.04. The first-order chi connectivity index (χ1) is 10.1. The van der Waals surface area contributed by atoms with Gasteiger partial charge in [0.1, 0.15) is 0 Å². The molecular weight excluding hydrogens is 379 g/mol. The minimum absolute atomic E-state index is 0.120. The molecule has 0 heterocycles. The average Bonchev–Trinajstić information content (AvgIpc) is 2.52. The maximum absolute atomic E-state index is 12.1. The van der Waals surface area contributed by atoms with Crippen molar-refractivity contribution in [3.63, 3.8) is 0 Å². The fourth-order valence-corrected chi connectivity index (χ4v) is 2.52. The van der Waals surface area contributed by atoms with Crippen LogP contribution in [0.15, 0.2) is 48.5 Å². The average molecular weight is 394 g/mol. The molecule has 2 rings (SSSR count). The molecule has 4 nitrogen and oxygen atoms in total. The fraction of sp³-hybridized carbons (Fsp3) is 0.125. The van der Waals surface area contributed by atoms with E-state index in [-0.39, 0.29) is 11.8 Å². The molecule has 2 N–H and O–H groups in total. The van der Waals surface area contributed by atoms with Crippen LogP contribution in [0.1, 0.15) is 26.3 Å². The molecule has 5 heteroatoms. The fourth-order valence-electron chi connectivity index (χ4n) is 1.89. The number of carbonyl (C=O) groups excluding carboxylic acids is 2. The number of carbonyl (C=O) groups is 2. The summed E-state index contributed by atoms with van der Waals surface area (Å²) in [6.45, 7) is 0.384. The smallest absolute Gasteiger partial charge is 0.252 e. The molecule has 2 aromatic rings. The summed E-state index contributed by atoms with van der Waals surface area (Å²) in [5.74, 6) is -0.258.